The van der Waals surface area contributed by atoms with Crippen molar-refractivity contribution in [1.29, 1.82) is 0 Å². The number of halogens is 3. The summed E-state index contributed by atoms with van der Waals surface area (Å²) < 4.78 is 43.4. The van der Waals surface area contributed by atoms with E-state index >= 15 is 0 Å². The zero-order valence-electron chi connectivity index (χ0n) is 14.2. The minimum Gasteiger partial charge on any atom is -0.471 e. The molecule has 1 amide bonds. The highest BCUT2D eigenvalue weighted by atomic mass is 19.4. The van der Waals surface area contributed by atoms with Crippen molar-refractivity contribution in [3.8, 4) is 5.88 Å². The van der Waals surface area contributed by atoms with Crippen molar-refractivity contribution in [2.24, 2.45) is 0 Å². The Hall–Kier alpha value is -2.64. The lowest BCUT2D eigenvalue weighted by molar-refractivity contribution is -0.137. The zero-order valence-corrected chi connectivity index (χ0v) is 14.2. The van der Waals surface area contributed by atoms with E-state index in [0.717, 1.165) is 17.8 Å². The number of benzene rings is 1. The molecule has 0 spiro atoms. The minimum absolute atomic E-state index is 0.0647. The number of aryl methyl sites for hydroxylation is 1. The molecule has 3 rings (SSSR count). The molecular formula is C18H18F3N3O2. The number of carbonyl (C=O) groups excluding carboxylic acids is 1. The number of aromatic nitrogens is 2. The number of carbonyl (C=O) groups is 1. The Morgan fingerprint density at radius 3 is 2.54 bits per heavy atom. The highest BCUT2D eigenvalue weighted by Gasteiger charge is 2.31. The summed E-state index contributed by atoms with van der Waals surface area (Å²) in [6.45, 7) is 2.80. The normalized spacial score (nSPS) is 17.4. The number of alkyl halides is 3. The molecule has 1 saturated heterocycles. The van der Waals surface area contributed by atoms with E-state index in [9.17, 15) is 18.0 Å². The average molecular weight is 365 g/mol. The van der Waals surface area contributed by atoms with E-state index in [4.69, 9.17) is 4.74 Å². The molecule has 2 heterocycles. The molecule has 8 heteroatoms. The summed E-state index contributed by atoms with van der Waals surface area (Å²) >= 11 is 0. The highest BCUT2D eigenvalue weighted by molar-refractivity contribution is 5.79. The van der Waals surface area contributed by atoms with Crippen molar-refractivity contribution in [2.75, 3.05) is 13.1 Å². The third kappa shape index (κ3) is 4.50. The third-order valence-electron chi connectivity index (χ3n) is 4.20. The first-order chi connectivity index (χ1) is 12.3. The van der Waals surface area contributed by atoms with Crippen LogP contribution in [0.2, 0.25) is 0 Å². The second-order valence-electron chi connectivity index (χ2n) is 6.25. The SMILES string of the molecule is Cc1ccc(OC2CCN(C(=O)Cc3ccc(C(F)(F)F)cc3)C2)nn1. The number of amides is 1. The number of hydrogen-bond acceptors (Lipinski definition) is 4. The third-order valence-corrected chi connectivity index (χ3v) is 4.20. The second kappa shape index (κ2) is 7.31. The van der Waals surface area contributed by atoms with Crippen molar-refractivity contribution in [3.63, 3.8) is 0 Å². The standard InChI is InChI=1S/C18H18F3N3O2/c1-12-2-7-16(23-22-12)26-15-8-9-24(11-15)17(25)10-13-3-5-14(6-4-13)18(19,20)21/h2-7,15H,8-11H2,1H3. The van der Waals surface area contributed by atoms with Gasteiger partial charge in [-0.2, -0.15) is 18.3 Å². The van der Waals surface area contributed by atoms with E-state index in [1.165, 1.54) is 12.1 Å². The van der Waals surface area contributed by atoms with Gasteiger partial charge in [0.2, 0.25) is 11.8 Å². The van der Waals surface area contributed by atoms with Crippen LogP contribution in [0.4, 0.5) is 13.2 Å². The summed E-state index contributed by atoms with van der Waals surface area (Å²) in [6, 6.07) is 8.20. The summed E-state index contributed by atoms with van der Waals surface area (Å²) in [6.07, 6.45) is -3.80. The lowest BCUT2D eigenvalue weighted by atomic mass is 10.1. The summed E-state index contributed by atoms with van der Waals surface area (Å²) in [5, 5.41) is 7.86. The van der Waals surface area contributed by atoms with Crippen LogP contribution in [-0.2, 0) is 17.4 Å². The van der Waals surface area contributed by atoms with E-state index in [2.05, 4.69) is 10.2 Å². The Morgan fingerprint density at radius 2 is 1.92 bits per heavy atom. The molecule has 1 fully saturated rings. The fourth-order valence-electron chi connectivity index (χ4n) is 2.77. The number of likely N-dealkylation sites (tertiary alicyclic amines) is 1. The lowest BCUT2D eigenvalue weighted by Gasteiger charge is -2.17. The molecule has 1 unspecified atom stereocenters. The molecule has 1 aromatic heterocycles. The highest BCUT2D eigenvalue weighted by Crippen LogP contribution is 2.29. The molecule has 26 heavy (non-hydrogen) atoms. The molecule has 5 nitrogen and oxygen atoms in total. The zero-order chi connectivity index (χ0) is 18.7. The van der Waals surface area contributed by atoms with Crippen LogP contribution < -0.4 is 4.74 Å². The summed E-state index contributed by atoms with van der Waals surface area (Å²) in [7, 11) is 0. The topological polar surface area (TPSA) is 55.3 Å². The molecule has 1 aliphatic rings. The molecule has 0 radical (unpaired) electrons. The molecule has 1 atom stereocenters. The quantitative estimate of drug-likeness (QED) is 0.836. The van der Waals surface area contributed by atoms with Gasteiger partial charge in [-0.3, -0.25) is 4.79 Å². The Kier molecular flexibility index (Phi) is 5.11. The molecule has 0 bridgehead atoms. The lowest BCUT2D eigenvalue weighted by Crippen LogP contribution is -2.32. The Morgan fingerprint density at radius 1 is 1.19 bits per heavy atom. The van der Waals surface area contributed by atoms with E-state index in [1.54, 1.807) is 17.0 Å². The number of nitrogens with zero attached hydrogens (tertiary/aromatic N) is 3. The van der Waals surface area contributed by atoms with Crippen molar-refractivity contribution >= 4 is 5.91 Å². The molecule has 1 aliphatic heterocycles. The van der Waals surface area contributed by atoms with Gasteiger partial charge in [0.15, 0.2) is 0 Å². The van der Waals surface area contributed by atoms with E-state index in [0.29, 0.717) is 31.0 Å². The Labute approximate surface area is 148 Å². The fourth-order valence-corrected chi connectivity index (χ4v) is 2.77. The smallest absolute Gasteiger partial charge is 0.416 e. The maximum absolute atomic E-state index is 12.6. The largest absolute Gasteiger partial charge is 0.471 e. The number of hydrogen-bond donors (Lipinski definition) is 0. The predicted octanol–water partition coefficient (Wildman–Crippen LogP) is 3.03. The van der Waals surface area contributed by atoms with Gasteiger partial charge < -0.3 is 9.64 Å². The first kappa shape index (κ1) is 18.2. The first-order valence-electron chi connectivity index (χ1n) is 8.22. The molecule has 0 N–H and O–H groups in total. The summed E-state index contributed by atoms with van der Waals surface area (Å²) in [5.41, 5.74) is 0.622. The molecule has 1 aromatic carbocycles. The maximum Gasteiger partial charge on any atom is 0.416 e. The minimum atomic E-state index is -4.37. The van der Waals surface area contributed by atoms with Gasteiger partial charge in [-0.25, -0.2) is 0 Å². The number of ether oxygens (including phenoxy) is 1. The van der Waals surface area contributed by atoms with Crippen LogP contribution in [0.5, 0.6) is 5.88 Å². The van der Waals surface area contributed by atoms with Crippen molar-refractivity contribution in [1.82, 2.24) is 15.1 Å². The van der Waals surface area contributed by atoms with Gasteiger partial charge in [0, 0.05) is 19.0 Å². The molecule has 0 saturated carbocycles. The van der Waals surface area contributed by atoms with Gasteiger partial charge in [-0.15, -0.1) is 5.10 Å². The van der Waals surface area contributed by atoms with Crippen LogP contribution in [0.3, 0.4) is 0 Å². The van der Waals surface area contributed by atoms with Crippen LogP contribution >= 0.6 is 0 Å². The first-order valence-corrected chi connectivity index (χ1v) is 8.22. The van der Waals surface area contributed by atoms with E-state index in [1.807, 2.05) is 6.92 Å². The van der Waals surface area contributed by atoms with Gasteiger partial charge in [-0.1, -0.05) is 12.1 Å². The Bertz CT molecular complexity index is 761. The van der Waals surface area contributed by atoms with Gasteiger partial charge in [-0.05, 0) is 30.7 Å². The van der Waals surface area contributed by atoms with E-state index < -0.39 is 11.7 Å². The fraction of sp³-hybridized carbons (Fsp3) is 0.389. The van der Waals surface area contributed by atoms with Crippen LogP contribution in [0.25, 0.3) is 0 Å². The van der Waals surface area contributed by atoms with Gasteiger partial charge in [0.05, 0.1) is 24.2 Å². The summed E-state index contributed by atoms with van der Waals surface area (Å²) in [4.78, 5) is 14.0. The molecule has 2 aromatic rings. The van der Waals surface area contributed by atoms with Crippen LogP contribution in [0, 0.1) is 6.92 Å². The monoisotopic (exact) mass is 365 g/mol. The van der Waals surface area contributed by atoms with Crippen molar-refractivity contribution in [2.45, 2.75) is 32.0 Å². The van der Waals surface area contributed by atoms with Crippen LogP contribution in [0.1, 0.15) is 23.2 Å². The van der Waals surface area contributed by atoms with Crippen LogP contribution in [-0.4, -0.2) is 40.2 Å². The predicted molar refractivity (Wildman–Crippen MR) is 87.5 cm³/mol. The average Bonchev–Trinajstić information content (AvgIpc) is 3.05. The van der Waals surface area contributed by atoms with Crippen LogP contribution in [0.15, 0.2) is 36.4 Å². The Balaban J connectivity index is 1.53. The van der Waals surface area contributed by atoms with Crippen molar-refractivity contribution in [3.05, 3.63) is 53.2 Å². The van der Waals surface area contributed by atoms with Gasteiger partial charge in [0.25, 0.3) is 0 Å². The summed E-state index contributed by atoms with van der Waals surface area (Å²) in [5.74, 6) is 0.281. The molecule has 138 valence electrons. The maximum atomic E-state index is 12.6. The molecular weight excluding hydrogens is 347 g/mol. The molecule has 0 aliphatic carbocycles. The van der Waals surface area contributed by atoms with Gasteiger partial charge in [0.1, 0.15) is 6.10 Å². The second-order valence-corrected chi connectivity index (χ2v) is 6.25. The van der Waals surface area contributed by atoms with Gasteiger partial charge >= 0.3 is 6.18 Å². The number of rotatable bonds is 4. The van der Waals surface area contributed by atoms with E-state index in [-0.39, 0.29) is 18.4 Å². The van der Waals surface area contributed by atoms with Crippen molar-refractivity contribution < 1.29 is 22.7 Å².